The summed E-state index contributed by atoms with van der Waals surface area (Å²) in [6.07, 6.45) is 18.9. The number of carboxylic acids is 1. The molecule has 0 aromatic heterocycles. The highest BCUT2D eigenvalue weighted by Gasteiger charge is 2.44. The molecule has 2 bridgehead atoms. The van der Waals surface area contributed by atoms with Crippen molar-refractivity contribution in [1.29, 1.82) is 0 Å². The quantitative estimate of drug-likeness (QED) is 0.186. The van der Waals surface area contributed by atoms with Crippen LogP contribution in [0.2, 0.25) is 0 Å². The van der Waals surface area contributed by atoms with Gasteiger partial charge in [0.2, 0.25) is 0 Å². The second-order valence-corrected chi connectivity index (χ2v) is 15.0. The number of carbonyl (C=O) groups excluding carboxylic acids is 1. The Hall–Kier alpha value is -3.00. The molecule has 1 fully saturated rings. The molecule has 11 nitrogen and oxygen atoms in total. The van der Waals surface area contributed by atoms with E-state index in [0.29, 0.717) is 12.8 Å². The molecule has 8 N–H and O–H groups in total. The Morgan fingerprint density at radius 3 is 1.83 bits per heavy atom. The number of aliphatic carboxylic acids is 1. The standard InChI is InChI=1S/C42H64O11/c1-29-16-14-12-10-8-6-4-5-7-9-11-13-15-17-30(2)40(49)31(3)18-19-32(43)25-34(45)26-33(44)20-21-37(47)38(48)27-35(46)28-42(52)23-22-36(41(50)51)39(24-29)53-42/h4-17,29-31,33-40,44-49,52H,18-28H2,1-3H3,(H,50,51)/b5-4+,8-6+,9-7+,12-10+,13-11+,16-14+,17-15+. The maximum atomic E-state index is 12.5. The van der Waals surface area contributed by atoms with Crippen molar-refractivity contribution in [1.82, 2.24) is 0 Å². The van der Waals surface area contributed by atoms with E-state index < -0.39 is 60.4 Å². The second kappa shape index (κ2) is 24.4. The van der Waals surface area contributed by atoms with Crippen LogP contribution in [0.25, 0.3) is 0 Å². The van der Waals surface area contributed by atoms with Crippen LogP contribution in [-0.4, -0.2) is 101 Å². The Morgan fingerprint density at radius 2 is 1.25 bits per heavy atom. The van der Waals surface area contributed by atoms with Gasteiger partial charge in [0.25, 0.3) is 0 Å². The summed E-state index contributed by atoms with van der Waals surface area (Å²) in [4.78, 5) is 24.5. The van der Waals surface area contributed by atoms with E-state index in [9.17, 15) is 50.4 Å². The normalized spacial score (nSPS) is 41.6. The van der Waals surface area contributed by atoms with E-state index in [0.717, 1.165) is 0 Å². The highest BCUT2D eigenvalue weighted by atomic mass is 16.6. The van der Waals surface area contributed by atoms with Gasteiger partial charge >= 0.3 is 5.97 Å². The first kappa shape index (κ1) is 46.2. The maximum Gasteiger partial charge on any atom is 0.309 e. The van der Waals surface area contributed by atoms with Gasteiger partial charge in [-0.3, -0.25) is 9.59 Å². The van der Waals surface area contributed by atoms with Gasteiger partial charge in [0.1, 0.15) is 5.78 Å². The molecule has 2 aliphatic rings. The number of ketones is 1. The van der Waals surface area contributed by atoms with Crippen LogP contribution in [-0.2, 0) is 14.3 Å². The molecule has 2 heterocycles. The minimum atomic E-state index is -1.82. The summed E-state index contributed by atoms with van der Waals surface area (Å²) in [5.74, 6) is -4.24. The fourth-order valence-electron chi connectivity index (χ4n) is 6.73. The molecule has 0 saturated carbocycles. The third kappa shape index (κ3) is 18.7. The smallest absolute Gasteiger partial charge is 0.309 e. The Morgan fingerprint density at radius 1 is 0.679 bits per heavy atom. The third-order valence-corrected chi connectivity index (χ3v) is 9.98. The molecule has 53 heavy (non-hydrogen) atoms. The number of carboxylic acid groups (broad SMARTS) is 1. The molecule has 0 aromatic rings. The van der Waals surface area contributed by atoms with Gasteiger partial charge in [-0.05, 0) is 50.4 Å². The van der Waals surface area contributed by atoms with Gasteiger partial charge in [-0.15, -0.1) is 0 Å². The third-order valence-electron chi connectivity index (χ3n) is 9.98. The van der Waals surface area contributed by atoms with Crippen LogP contribution in [0.1, 0.15) is 91.4 Å². The molecule has 298 valence electrons. The van der Waals surface area contributed by atoms with Gasteiger partial charge in [0.05, 0.1) is 48.6 Å². The number of Topliss-reactive ketones (excluding diaryl/α,β-unsaturated/α-hetero) is 1. The van der Waals surface area contributed by atoms with Crippen molar-refractivity contribution in [2.75, 3.05) is 0 Å². The van der Waals surface area contributed by atoms with Gasteiger partial charge in [-0.1, -0.05) is 106 Å². The van der Waals surface area contributed by atoms with Gasteiger partial charge in [-0.25, -0.2) is 0 Å². The number of fused-ring (bicyclic) bond motifs is 2. The molecule has 0 amide bonds. The van der Waals surface area contributed by atoms with Gasteiger partial charge in [0, 0.05) is 38.0 Å². The zero-order valence-corrected chi connectivity index (χ0v) is 31.5. The van der Waals surface area contributed by atoms with Crippen molar-refractivity contribution >= 4 is 11.8 Å². The van der Waals surface area contributed by atoms with Crippen molar-refractivity contribution in [3.05, 3.63) is 85.1 Å². The molecular formula is C42H64O11. The van der Waals surface area contributed by atoms with E-state index in [1.54, 1.807) is 0 Å². The minimum absolute atomic E-state index is 0.0229. The largest absolute Gasteiger partial charge is 0.481 e. The zero-order valence-electron chi connectivity index (χ0n) is 31.5. The molecule has 0 spiro atoms. The van der Waals surface area contributed by atoms with E-state index in [1.807, 2.05) is 106 Å². The Labute approximate surface area is 315 Å². The lowest BCUT2D eigenvalue weighted by Crippen LogP contribution is -2.49. The highest BCUT2D eigenvalue weighted by Crippen LogP contribution is 2.37. The van der Waals surface area contributed by atoms with Crippen LogP contribution in [0.4, 0.5) is 0 Å². The molecule has 2 rings (SSSR count). The van der Waals surface area contributed by atoms with Crippen LogP contribution < -0.4 is 0 Å². The van der Waals surface area contributed by atoms with E-state index in [4.69, 9.17) is 4.74 Å². The number of ether oxygens (including phenoxy) is 1. The summed E-state index contributed by atoms with van der Waals surface area (Å²) in [6, 6.07) is 0. The van der Waals surface area contributed by atoms with E-state index in [2.05, 4.69) is 0 Å². The topological polar surface area (TPSA) is 205 Å². The van der Waals surface area contributed by atoms with Crippen LogP contribution in [0, 0.1) is 23.7 Å². The summed E-state index contributed by atoms with van der Waals surface area (Å²) < 4.78 is 5.93. The zero-order chi connectivity index (χ0) is 39.4. The lowest BCUT2D eigenvalue weighted by atomic mass is 9.83. The molecule has 0 aliphatic carbocycles. The lowest BCUT2D eigenvalue weighted by Gasteiger charge is -2.42. The molecule has 11 heteroatoms. The van der Waals surface area contributed by atoms with E-state index in [1.165, 1.54) is 0 Å². The van der Waals surface area contributed by atoms with Crippen molar-refractivity contribution in [3.8, 4) is 0 Å². The average molecular weight is 745 g/mol. The van der Waals surface area contributed by atoms with E-state index >= 15 is 0 Å². The van der Waals surface area contributed by atoms with Gasteiger partial charge in [-0.2, -0.15) is 0 Å². The number of hydrogen-bond acceptors (Lipinski definition) is 10. The molecule has 0 radical (unpaired) electrons. The summed E-state index contributed by atoms with van der Waals surface area (Å²) in [5, 5.41) is 84.4. The average Bonchev–Trinajstić information content (AvgIpc) is 3.08. The molecule has 1 saturated heterocycles. The number of rotatable bonds is 1. The van der Waals surface area contributed by atoms with Crippen LogP contribution in [0.5, 0.6) is 0 Å². The Bertz CT molecular complexity index is 1300. The molecule has 12 unspecified atom stereocenters. The van der Waals surface area contributed by atoms with Gasteiger partial charge < -0.3 is 45.6 Å². The second-order valence-electron chi connectivity index (χ2n) is 15.0. The van der Waals surface area contributed by atoms with Crippen molar-refractivity contribution in [2.24, 2.45) is 23.7 Å². The SMILES string of the molecule is CC1/C=C/C=C/C=C/C=C/C=C/C=C/C=C/C(C)C(O)C(C)CCC(=O)CC(O)CC(O)CCC(O)C(O)CC(O)CC2(O)CCC(C(=O)O)C(C1)O2. The molecule has 2 aliphatic heterocycles. The fourth-order valence-corrected chi connectivity index (χ4v) is 6.73. The highest BCUT2D eigenvalue weighted by molar-refractivity contribution is 5.78. The summed E-state index contributed by atoms with van der Waals surface area (Å²) in [5.41, 5.74) is 0. The number of allylic oxidation sites excluding steroid dienone is 13. The van der Waals surface area contributed by atoms with Crippen LogP contribution in [0.15, 0.2) is 85.1 Å². The monoisotopic (exact) mass is 744 g/mol. The lowest BCUT2D eigenvalue weighted by molar-refractivity contribution is -0.280. The first-order valence-corrected chi connectivity index (χ1v) is 19.0. The molecule has 12 atom stereocenters. The summed E-state index contributed by atoms with van der Waals surface area (Å²) in [6.45, 7) is 5.70. The Kier molecular flexibility index (Phi) is 21.3. The fraction of sp³-hybridized carbons (Fsp3) is 0.619. The minimum Gasteiger partial charge on any atom is -0.481 e. The predicted octanol–water partition coefficient (Wildman–Crippen LogP) is 4.62. The summed E-state index contributed by atoms with van der Waals surface area (Å²) in [7, 11) is 0. The van der Waals surface area contributed by atoms with Crippen molar-refractivity contribution in [2.45, 2.75) is 140 Å². The number of aliphatic hydroxyl groups is 7. The number of hydrogen-bond donors (Lipinski definition) is 8. The predicted molar refractivity (Wildman–Crippen MR) is 204 cm³/mol. The van der Waals surface area contributed by atoms with Crippen molar-refractivity contribution in [3.63, 3.8) is 0 Å². The number of aliphatic hydroxyl groups excluding tert-OH is 6. The molecular weight excluding hydrogens is 680 g/mol. The maximum absolute atomic E-state index is 12.5. The number of carbonyl (C=O) groups is 2. The molecule has 0 aromatic carbocycles. The first-order valence-electron chi connectivity index (χ1n) is 19.0. The van der Waals surface area contributed by atoms with Crippen molar-refractivity contribution < 1.29 is 55.2 Å². The van der Waals surface area contributed by atoms with Crippen LogP contribution in [0.3, 0.4) is 0 Å². The first-order chi connectivity index (χ1) is 25.1. The Balaban J connectivity index is 2.12. The van der Waals surface area contributed by atoms with Gasteiger partial charge in [0.15, 0.2) is 5.79 Å². The van der Waals surface area contributed by atoms with E-state index in [-0.39, 0.29) is 81.3 Å². The van der Waals surface area contributed by atoms with Crippen LogP contribution >= 0.6 is 0 Å². The summed E-state index contributed by atoms with van der Waals surface area (Å²) >= 11 is 0.